The third-order valence-corrected chi connectivity index (χ3v) is 3.66. The zero-order valence-corrected chi connectivity index (χ0v) is 14.1. The Kier molecular flexibility index (Phi) is 5.82. The van der Waals surface area contributed by atoms with Gasteiger partial charge in [0.05, 0.1) is 19.0 Å². The minimum absolute atomic E-state index is 0.128. The van der Waals surface area contributed by atoms with Crippen LogP contribution < -0.4 is 10.6 Å². The average Bonchev–Trinajstić information content (AvgIpc) is 3.36. The summed E-state index contributed by atoms with van der Waals surface area (Å²) in [6.07, 6.45) is 3.90. The number of nitrogens with zero attached hydrogens (tertiary/aromatic N) is 1. The number of benzene rings is 1. The molecule has 0 aliphatic heterocycles. The van der Waals surface area contributed by atoms with Crippen LogP contribution in [0.4, 0.5) is 0 Å². The first-order valence-corrected chi connectivity index (χ1v) is 8.31. The highest BCUT2D eigenvalue weighted by Gasteiger charge is 2.09. The fourth-order valence-electron chi connectivity index (χ4n) is 2.34. The van der Waals surface area contributed by atoms with Crippen LogP contribution in [0, 0.1) is 0 Å². The van der Waals surface area contributed by atoms with E-state index in [0.717, 1.165) is 5.56 Å². The number of nitrogens with one attached hydrogen (secondary N) is 2. The van der Waals surface area contributed by atoms with Gasteiger partial charge in [-0.05, 0) is 18.6 Å². The molecule has 0 saturated carbocycles. The monoisotopic (exact) mass is 353 g/mol. The van der Waals surface area contributed by atoms with Crippen molar-refractivity contribution in [1.82, 2.24) is 15.6 Å². The fourth-order valence-corrected chi connectivity index (χ4v) is 2.34. The van der Waals surface area contributed by atoms with E-state index in [1.165, 1.54) is 6.26 Å². The minimum Gasteiger partial charge on any atom is -0.459 e. The van der Waals surface area contributed by atoms with E-state index < -0.39 is 0 Å². The van der Waals surface area contributed by atoms with E-state index in [-0.39, 0.29) is 24.1 Å². The van der Waals surface area contributed by atoms with Gasteiger partial charge in [-0.15, -0.1) is 0 Å². The maximum absolute atomic E-state index is 11.9. The highest BCUT2D eigenvalue weighted by molar-refractivity contribution is 5.91. The lowest BCUT2D eigenvalue weighted by molar-refractivity contribution is -0.121. The van der Waals surface area contributed by atoms with E-state index in [0.29, 0.717) is 31.0 Å². The van der Waals surface area contributed by atoms with Crippen molar-refractivity contribution in [1.29, 1.82) is 0 Å². The SMILES string of the molecule is O=C(CCCNC(=O)c1ccco1)NCc1ncc(-c2ccccc2)o1. The van der Waals surface area contributed by atoms with Crippen molar-refractivity contribution >= 4 is 11.8 Å². The van der Waals surface area contributed by atoms with Gasteiger partial charge in [0.25, 0.3) is 5.91 Å². The van der Waals surface area contributed by atoms with Gasteiger partial charge < -0.3 is 19.5 Å². The van der Waals surface area contributed by atoms with Crippen LogP contribution in [0.1, 0.15) is 29.3 Å². The molecule has 0 aliphatic rings. The second-order valence-corrected chi connectivity index (χ2v) is 5.60. The molecule has 0 aliphatic carbocycles. The molecule has 2 aromatic heterocycles. The second-order valence-electron chi connectivity index (χ2n) is 5.60. The molecule has 0 unspecified atom stereocenters. The van der Waals surface area contributed by atoms with Crippen LogP contribution >= 0.6 is 0 Å². The molecule has 7 heteroatoms. The normalized spacial score (nSPS) is 10.5. The largest absolute Gasteiger partial charge is 0.459 e. The first-order chi connectivity index (χ1) is 12.7. The summed E-state index contributed by atoms with van der Waals surface area (Å²) >= 11 is 0. The Bertz CT molecular complexity index is 841. The molecule has 3 aromatic rings. The summed E-state index contributed by atoms with van der Waals surface area (Å²) in [5, 5.41) is 5.45. The molecule has 0 spiro atoms. The van der Waals surface area contributed by atoms with Gasteiger partial charge in [0.1, 0.15) is 0 Å². The Hall–Kier alpha value is -3.35. The van der Waals surface area contributed by atoms with Crippen LogP contribution in [0.25, 0.3) is 11.3 Å². The third-order valence-electron chi connectivity index (χ3n) is 3.66. The molecule has 2 amide bonds. The number of rotatable bonds is 8. The maximum Gasteiger partial charge on any atom is 0.286 e. The van der Waals surface area contributed by atoms with E-state index >= 15 is 0 Å². The quantitative estimate of drug-likeness (QED) is 0.607. The molecule has 1 aromatic carbocycles. The number of carbonyl (C=O) groups excluding carboxylic acids is 2. The number of furan rings is 1. The Balaban J connectivity index is 1.35. The lowest BCUT2D eigenvalue weighted by Gasteiger charge is -2.04. The van der Waals surface area contributed by atoms with Gasteiger partial charge in [-0.2, -0.15) is 0 Å². The van der Waals surface area contributed by atoms with Gasteiger partial charge >= 0.3 is 0 Å². The van der Waals surface area contributed by atoms with Crippen LogP contribution in [0.3, 0.4) is 0 Å². The number of oxazole rings is 1. The molecule has 0 fully saturated rings. The Morgan fingerprint density at radius 3 is 2.65 bits per heavy atom. The van der Waals surface area contributed by atoms with Crippen LogP contribution in [-0.4, -0.2) is 23.3 Å². The highest BCUT2D eigenvalue weighted by atomic mass is 16.4. The second kappa shape index (κ2) is 8.66. The first-order valence-electron chi connectivity index (χ1n) is 8.31. The van der Waals surface area contributed by atoms with Crippen LogP contribution in [0.5, 0.6) is 0 Å². The molecule has 26 heavy (non-hydrogen) atoms. The predicted octanol–water partition coefficient (Wildman–Crippen LogP) is 2.76. The van der Waals surface area contributed by atoms with Crippen molar-refractivity contribution in [2.24, 2.45) is 0 Å². The fraction of sp³-hybridized carbons (Fsp3) is 0.211. The van der Waals surface area contributed by atoms with Gasteiger partial charge in [0.15, 0.2) is 11.5 Å². The van der Waals surface area contributed by atoms with Crippen molar-refractivity contribution in [3.63, 3.8) is 0 Å². The van der Waals surface area contributed by atoms with Gasteiger partial charge in [-0.25, -0.2) is 4.98 Å². The van der Waals surface area contributed by atoms with Gasteiger partial charge in [-0.1, -0.05) is 30.3 Å². The zero-order valence-electron chi connectivity index (χ0n) is 14.1. The summed E-state index contributed by atoms with van der Waals surface area (Å²) in [4.78, 5) is 27.7. The standard InChI is InChI=1S/C19H19N3O4/c23-17(9-4-10-20-19(24)15-8-5-11-25-15)21-13-18-22-12-16(26-18)14-6-2-1-3-7-14/h1-3,5-8,11-12H,4,9-10,13H2,(H,20,24)(H,21,23). The summed E-state index contributed by atoms with van der Waals surface area (Å²) in [7, 11) is 0. The van der Waals surface area contributed by atoms with Crippen LogP contribution in [0.2, 0.25) is 0 Å². The van der Waals surface area contributed by atoms with Crippen molar-refractivity contribution in [3.05, 3.63) is 66.6 Å². The van der Waals surface area contributed by atoms with Crippen molar-refractivity contribution in [2.75, 3.05) is 6.54 Å². The lowest BCUT2D eigenvalue weighted by Crippen LogP contribution is -2.27. The topological polar surface area (TPSA) is 97.4 Å². The number of hydrogen-bond acceptors (Lipinski definition) is 5. The smallest absolute Gasteiger partial charge is 0.286 e. The lowest BCUT2D eigenvalue weighted by atomic mass is 10.2. The number of aromatic nitrogens is 1. The Labute approximate surface area is 150 Å². The Morgan fingerprint density at radius 1 is 1.04 bits per heavy atom. The molecular weight excluding hydrogens is 334 g/mol. The molecule has 0 radical (unpaired) electrons. The van der Waals surface area contributed by atoms with E-state index in [2.05, 4.69) is 15.6 Å². The number of amides is 2. The molecule has 0 atom stereocenters. The molecule has 3 rings (SSSR count). The van der Waals surface area contributed by atoms with Gasteiger partial charge in [0, 0.05) is 18.5 Å². The molecule has 2 N–H and O–H groups in total. The predicted molar refractivity (Wildman–Crippen MR) is 94.1 cm³/mol. The number of hydrogen-bond donors (Lipinski definition) is 2. The maximum atomic E-state index is 11.9. The van der Waals surface area contributed by atoms with Crippen LogP contribution in [-0.2, 0) is 11.3 Å². The summed E-state index contributed by atoms with van der Waals surface area (Å²) < 4.78 is 10.6. The van der Waals surface area contributed by atoms with E-state index in [1.54, 1.807) is 18.3 Å². The van der Waals surface area contributed by atoms with E-state index in [4.69, 9.17) is 8.83 Å². The third kappa shape index (κ3) is 4.83. The molecule has 2 heterocycles. The molecule has 0 saturated heterocycles. The van der Waals surface area contributed by atoms with Gasteiger partial charge in [-0.3, -0.25) is 9.59 Å². The molecular formula is C19H19N3O4. The summed E-state index contributed by atoms with van der Waals surface area (Å²) in [5.74, 6) is 0.951. The van der Waals surface area contributed by atoms with E-state index in [9.17, 15) is 9.59 Å². The van der Waals surface area contributed by atoms with E-state index in [1.807, 2.05) is 30.3 Å². The molecule has 7 nitrogen and oxygen atoms in total. The van der Waals surface area contributed by atoms with Crippen molar-refractivity contribution in [2.45, 2.75) is 19.4 Å². The average molecular weight is 353 g/mol. The minimum atomic E-state index is -0.288. The Morgan fingerprint density at radius 2 is 1.88 bits per heavy atom. The summed E-state index contributed by atoms with van der Waals surface area (Å²) in [6, 6.07) is 12.9. The van der Waals surface area contributed by atoms with Crippen LogP contribution in [0.15, 0.2) is 63.8 Å². The zero-order chi connectivity index (χ0) is 18.2. The van der Waals surface area contributed by atoms with Crippen molar-refractivity contribution < 1.29 is 18.4 Å². The summed E-state index contributed by atoms with van der Waals surface area (Å²) in [6.45, 7) is 0.620. The highest BCUT2D eigenvalue weighted by Crippen LogP contribution is 2.19. The van der Waals surface area contributed by atoms with Gasteiger partial charge in [0.2, 0.25) is 11.8 Å². The first kappa shape index (κ1) is 17.5. The van der Waals surface area contributed by atoms with Crippen molar-refractivity contribution in [3.8, 4) is 11.3 Å². The number of carbonyl (C=O) groups is 2. The summed E-state index contributed by atoms with van der Waals surface area (Å²) in [5.41, 5.74) is 0.935. The molecule has 134 valence electrons. The molecule has 0 bridgehead atoms.